The summed E-state index contributed by atoms with van der Waals surface area (Å²) >= 11 is 0. The first-order valence-corrected chi connectivity index (χ1v) is 8.76. The Bertz CT molecular complexity index is 944. The molecule has 0 radical (unpaired) electrons. The molecular weight excluding hydrogens is 320 g/mol. The van der Waals surface area contributed by atoms with Gasteiger partial charge in [-0.25, -0.2) is 4.98 Å². The van der Waals surface area contributed by atoms with E-state index in [-0.39, 0.29) is 0 Å². The molecule has 0 saturated carbocycles. The number of ether oxygens (including phenoxy) is 1. The predicted octanol–water partition coefficient (Wildman–Crippen LogP) is 5.37. The van der Waals surface area contributed by atoms with Crippen LogP contribution in [0.3, 0.4) is 0 Å². The molecule has 3 nitrogen and oxygen atoms in total. The molecule has 26 heavy (non-hydrogen) atoms. The highest BCUT2D eigenvalue weighted by Gasteiger charge is 2.04. The Morgan fingerprint density at radius 2 is 1.31 bits per heavy atom. The van der Waals surface area contributed by atoms with Gasteiger partial charge in [0.1, 0.15) is 0 Å². The molecule has 1 aromatic heterocycles. The second-order valence-electron chi connectivity index (χ2n) is 6.13. The van der Waals surface area contributed by atoms with E-state index in [0.29, 0.717) is 12.6 Å². The van der Waals surface area contributed by atoms with E-state index in [0.717, 1.165) is 17.7 Å². The zero-order chi connectivity index (χ0) is 17.6. The Morgan fingerprint density at radius 3 is 2.00 bits per heavy atom. The summed E-state index contributed by atoms with van der Waals surface area (Å²) in [6, 6.07) is 29.7. The van der Waals surface area contributed by atoms with E-state index >= 15 is 0 Å². The molecule has 0 aliphatic heterocycles. The maximum atomic E-state index is 5.76. The molecule has 0 bridgehead atoms. The van der Waals surface area contributed by atoms with Crippen molar-refractivity contribution in [2.45, 2.75) is 6.42 Å². The molecule has 0 aliphatic rings. The summed E-state index contributed by atoms with van der Waals surface area (Å²) in [6.45, 7) is 0.590. The van der Waals surface area contributed by atoms with E-state index < -0.39 is 0 Å². The molecule has 128 valence electrons. The van der Waals surface area contributed by atoms with Crippen LogP contribution in [0.15, 0.2) is 91.1 Å². The molecule has 3 aromatic carbocycles. The van der Waals surface area contributed by atoms with Gasteiger partial charge in [-0.3, -0.25) is 0 Å². The summed E-state index contributed by atoms with van der Waals surface area (Å²) < 4.78 is 5.76. The maximum Gasteiger partial charge on any atom is 0.294 e. The topological polar surface area (TPSA) is 37.9 Å². The Labute approximate surface area is 153 Å². The van der Waals surface area contributed by atoms with Crippen LogP contribution in [-0.2, 0) is 6.42 Å². The average Bonchev–Trinajstić information content (AvgIpc) is 3.19. The third-order valence-corrected chi connectivity index (χ3v) is 4.33. The zero-order valence-corrected chi connectivity index (χ0v) is 14.4. The predicted molar refractivity (Wildman–Crippen MR) is 105 cm³/mol. The van der Waals surface area contributed by atoms with Gasteiger partial charge in [0.2, 0.25) is 0 Å². The number of rotatable bonds is 6. The Balaban J connectivity index is 1.33. The summed E-state index contributed by atoms with van der Waals surface area (Å²) in [7, 11) is 0. The first-order valence-electron chi connectivity index (χ1n) is 8.76. The van der Waals surface area contributed by atoms with Crippen LogP contribution in [-0.4, -0.2) is 16.6 Å². The number of imidazole rings is 1. The van der Waals surface area contributed by atoms with Gasteiger partial charge in [0.25, 0.3) is 6.01 Å². The van der Waals surface area contributed by atoms with Crippen LogP contribution in [0.25, 0.3) is 22.4 Å². The van der Waals surface area contributed by atoms with Crippen molar-refractivity contribution in [1.82, 2.24) is 9.97 Å². The lowest BCUT2D eigenvalue weighted by Crippen LogP contribution is -2.02. The van der Waals surface area contributed by atoms with Gasteiger partial charge in [-0.05, 0) is 22.3 Å². The monoisotopic (exact) mass is 340 g/mol. The molecule has 4 rings (SSSR count). The SMILES string of the molecule is c1ccc(-c2ccc(CCOc3ncc(-c4ccccc4)[nH]3)cc2)cc1. The van der Waals surface area contributed by atoms with Crippen LogP contribution < -0.4 is 4.74 Å². The molecule has 0 fully saturated rings. The first kappa shape index (κ1) is 16.2. The van der Waals surface area contributed by atoms with Crippen molar-refractivity contribution >= 4 is 0 Å². The van der Waals surface area contributed by atoms with E-state index in [2.05, 4.69) is 58.5 Å². The molecule has 1 N–H and O–H groups in total. The lowest BCUT2D eigenvalue weighted by Gasteiger charge is -2.05. The van der Waals surface area contributed by atoms with Gasteiger partial charge >= 0.3 is 0 Å². The van der Waals surface area contributed by atoms with E-state index in [9.17, 15) is 0 Å². The van der Waals surface area contributed by atoms with Crippen LogP contribution in [0, 0.1) is 0 Å². The number of nitrogens with one attached hydrogen (secondary N) is 1. The van der Waals surface area contributed by atoms with Gasteiger partial charge in [-0.2, -0.15) is 0 Å². The fourth-order valence-corrected chi connectivity index (χ4v) is 2.90. The van der Waals surface area contributed by atoms with E-state index in [1.54, 1.807) is 6.20 Å². The van der Waals surface area contributed by atoms with Crippen molar-refractivity contribution in [3.63, 3.8) is 0 Å². The molecule has 0 atom stereocenters. The van der Waals surface area contributed by atoms with Crippen LogP contribution in [0.4, 0.5) is 0 Å². The third-order valence-electron chi connectivity index (χ3n) is 4.33. The summed E-state index contributed by atoms with van der Waals surface area (Å²) in [5, 5.41) is 0. The molecule has 0 unspecified atom stereocenters. The largest absolute Gasteiger partial charge is 0.464 e. The van der Waals surface area contributed by atoms with Crippen LogP contribution >= 0.6 is 0 Å². The van der Waals surface area contributed by atoms with Crippen molar-refractivity contribution < 1.29 is 4.74 Å². The molecule has 4 aromatic rings. The Hall–Kier alpha value is -3.33. The van der Waals surface area contributed by atoms with Crippen molar-refractivity contribution in [2.24, 2.45) is 0 Å². The van der Waals surface area contributed by atoms with Crippen LogP contribution in [0.2, 0.25) is 0 Å². The van der Waals surface area contributed by atoms with Gasteiger partial charge in [-0.1, -0.05) is 84.9 Å². The number of hydrogen-bond donors (Lipinski definition) is 1. The number of nitrogens with zero attached hydrogens (tertiary/aromatic N) is 1. The highest BCUT2D eigenvalue weighted by atomic mass is 16.5. The van der Waals surface area contributed by atoms with Gasteiger partial charge in [0, 0.05) is 6.42 Å². The number of aromatic amines is 1. The lowest BCUT2D eigenvalue weighted by molar-refractivity contribution is 0.299. The Morgan fingerprint density at radius 1 is 0.692 bits per heavy atom. The molecule has 3 heteroatoms. The van der Waals surface area contributed by atoms with Gasteiger partial charge in [-0.15, -0.1) is 0 Å². The molecule has 1 heterocycles. The number of benzene rings is 3. The van der Waals surface area contributed by atoms with Crippen molar-refractivity contribution in [3.05, 3.63) is 96.7 Å². The molecule has 0 saturated heterocycles. The van der Waals surface area contributed by atoms with E-state index in [1.165, 1.54) is 16.7 Å². The second kappa shape index (κ2) is 7.70. The quantitative estimate of drug-likeness (QED) is 0.513. The van der Waals surface area contributed by atoms with E-state index in [1.807, 2.05) is 36.4 Å². The summed E-state index contributed by atoms with van der Waals surface area (Å²) in [5.41, 5.74) is 5.78. The fraction of sp³-hybridized carbons (Fsp3) is 0.0870. The number of H-pyrrole nitrogens is 1. The normalized spacial score (nSPS) is 10.6. The van der Waals surface area contributed by atoms with Gasteiger partial charge in [0.05, 0.1) is 18.5 Å². The minimum atomic E-state index is 0.560. The Kier molecular flexibility index (Phi) is 4.79. The summed E-state index contributed by atoms with van der Waals surface area (Å²) in [5.74, 6) is 0. The smallest absolute Gasteiger partial charge is 0.294 e. The zero-order valence-electron chi connectivity index (χ0n) is 14.4. The van der Waals surface area contributed by atoms with Crippen molar-refractivity contribution in [1.29, 1.82) is 0 Å². The molecule has 0 spiro atoms. The summed E-state index contributed by atoms with van der Waals surface area (Å²) in [6.07, 6.45) is 2.65. The minimum Gasteiger partial charge on any atom is -0.464 e. The molecule has 0 amide bonds. The fourth-order valence-electron chi connectivity index (χ4n) is 2.90. The third kappa shape index (κ3) is 3.83. The van der Waals surface area contributed by atoms with Crippen molar-refractivity contribution in [3.8, 4) is 28.4 Å². The van der Waals surface area contributed by atoms with E-state index in [4.69, 9.17) is 4.74 Å². The standard InChI is InChI=1S/C23H20N2O/c1-3-7-19(8-4-1)20-13-11-18(12-14-20)15-16-26-23-24-17-22(25-23)21-9-5-2-6-10-21/h1-14,17H,15-16H2,(H,24,25). The highest BCUT2D eigenvalue weighted by Crippen LogP contribution is 2.20. The first-order chi connectivity index (χ1) is 12.9. The molecular formula is C23H20N2O. The number of hydrogen-bond acceptors (Lipinski definition) is 2. The number of aromatic nitrogens is 2. The van der Waals surface area contributed by atoms with Gasteiger partial charge in [0.15, 0.2) is 0 Å². The lowest BCUT2D eigenvalue weighted by atomic mass is 10.0. The maximum absolute atomic E-state index is 5.76. The highest BCUT2D eigenvalue weighted by molar-refractivity contribution is 5.63. The second-order valence-corrected chi connectivity index (χ2v) is 6.13. The van der Waals surface area contributed by atoms with Crippen LogP contribution in [0.5, 0.6) is 6.01 Å². The summed E-state index contributed by atoms with van der Waals surface area (Å²) in [4.78, 5) is 7.51. The minimum absolute atomic E-state index is 0.560. The van der Waals surface area contributed by atoms with Crippen molar-refractivity contribution in [2.75, 3.05) is 6.61 Å². The average molecular weight is 340 g/mol. The van der Waals surface area contributed by atoms with Crippen LogP contribution in [0.1, 0.15) is 5.56 Å². The molecule has 0 aliphatic carbocycles. The van der Waals surface area contributed by atoms with Gasteiger partial charge < -0.3 is 9.72 Å².